The van der Waals surface area contributed by atoms with Crippen LogP contribution < -0.4 is 0 Å². The maximum atomic E-state index is 9.75. The number of phenols is 2. The molecule has 0 amide bonds. The van der Waals surface area contributed by atoms with Crippen molar-refractivity contribution in [1.29, 1.82) is 0 Å². The average molecular weight is 200 g/mol. The predicted octanol–water partition coefficient (Wildman–Crippen LogP) is 3.07. The number of benzene rings is 2. The summed E-state index contributed by atoms with van der Waals surface area (Å²) in [6, 6.07) is 12.3. The molecule has 2 rings (SSSR count). The molecule has 0 atom stereocenters. The van der Waals surface area contributed by atoms with Gasteiger partial charge in [-0.25, -0.2) is 0 Å². The summed E-state index contributed by atoms with van der Waals surface area (Å²) >= 11 is 0. The molecule has 0 aromatic heterocycles. The Morgan fingerprint density at radius 2 is 1.53 bits per heavy atom. The minimum atomic E-state index is 0.227. The lowest BCUT2D eigenvalue weighted by Gasteiger charge is -2.05. The summed E-state index contributed by atoms with van der Waals surface area (Å²) in [6.07, 6.45) is 0. The van der Waals surface area contributed by atoms with E-state index in [-0.39, 0.29) is 11.5 Å². The molecule has 2 N–H and O–H groups in total. The summed E-state index contributed by atoms with van der Waals surface area (Å²) in [5.74, 6) is 0.492. The third kappa shape index (κ3) is 1.94. The summed E-state index contributed by atoms with van der Waals surface area (Å²) in [5.41, 5.74) is 2.70. The van der Waals surface area contributed by atoms with Crippen molar-refractivity contribution < 1.29 is 10.2 Å². The summed E-state index contributed by atoms with van der Waals surface area (Å²) in [4.78, 5) is 0. The monoisotopic (exact) mass is 200 g/mol. The lowest BCUT2D eigenvalue weighted by molar-refractivity contribution is 0.474. The van der Waals surface area contributed by atoms with Crippen molar-refractivity contribution in [2.24, 2.45) is 0 Å². The molecule has 0 radical (unpaired) electrons. The SMILES string of the molecule is Cc1ccc(-c2ccc(O)cc2)c(O)c1. The first kappa shape index (κ1) is 9.59. The van der Waals surface area contributed by atoms with E-state index in [1.165, 1.54) is 0 Å². The van der Waals surface area contributed by atoms with Gasteiger partial charge in [-0.2, -0.15) is 0 Å². The van der Waals surface area contributed by atoms with Gasteiger partial charge in [0.1, 0.15) is 11.5 Å². The van der Waals surface area contributed by atoms with Crippen molar-refractivity contribution in [3.8, 4) is 22.6 Å². The zero-order valence-corrected chi connectivity index (χ0v) is 8.44. The molecule has 0 unspecified atom stereocenters. The highest BCUT2D eigenvalue weighted by molar-refractivity contribution is 5.70. The van der Waals surface area contributed by atoms with Crippen LogP contribution in [0.5, 0.6) is 11.5 Å². The third-order valence-corrected chi connectivity index (χ3v) is 2.33. The van der Waals surface area contributed by atoms with Gasteiger partial charge in [-0.05, 0) is 36.2 Å². The molecule has 0 bridgehead atoms. The van der Waals surface area contributed by atoms with Crippen LogP contribution >= 0.6 is 0 Å². The van der Waals surface area contributed by atoms with E-state index in [1.807, 2.05) is 19.1 Å². The Hall–Kier alpha value is -1.96. The fourth-order valence-electron chi connectivity index (χ4n) is 1.53. The van der Waals surface area contributed by atoms with Gasteiger partial charge in [0.25, 0.3) is 0 Å². The van der Waals surface area contributed by atoms with Crippen molar-refractivity contribution in [2.75, 3.05) is 0 Å². The van der Waals surface area contributed by atoms with E-state index >= 15 is 0 Å². The number of aromatic hydroxyl groups is 2. The van der Waals surface area contributed by atoms with E-state index in [2.05, 4.69) is 0 Å². The van der Waals surface area contributed by atoms with Gasteiger partial charge in [-0.15, -0.1) is 0 Å². The Morgan fingerprint density at radius 1 is 0.867 bits per heavy atom. The van der Waals surface area contributed by atoms with Crippen LogP contribution in [0.2, 0.25) is 0 Å². The van der Waals surface area contributed by atoms with Gasteiger partial charge >= 0.3 is 0 Å². The Kier molecular flexibility index (Phi) is 2.34. The summed E-state index contributed by atoms with van der Waals surface area (Å²) in [7, 11) is 0. The van der Waals surface area contributed by atoms with Gasteiger partial charge in [0.05, 0.1) is 0 Å². The van der Waals surface area contributed by atoms with Crippen molar-refractivity contribution in [3.63, 3.8) is 0 Å². The fourth-order valence-corrected chi connectivity index (χ4v) is 1.53. The molecule has 2 aromatic rings. The van der Waals surface area contributed by atoms with E-state index in [4.69, 9.17) is 5.11 Å². The topological polar surface area (TPSA) is 40.5 Å². The third-order valence-electron chi connectivity index (χ3n) is 2.33. The van der Waals surface area contributed by atoms with Crippen LogP contribution in [0.4, 0.5) is 0 Å². The van der Waals surface area contributed by atoms with Crippen molar-refractivity contribution in [3.05, 3.63) is 48.0 Å². The number of aryl methyl sites for hydroxylation is 1. The molecule has 0 saturated heterocycles. The lowest BCUT2D eigenvalue weighted by atomic mass is 10.0. The molecule has 15 heavy (non-hydrogen) atoms. The number of hydrogen-bond acceptors (Lipinski definition) is 2. The van der Waals surface area contributed by atoms with E-state index in [0.717, 1.165) is 16.7 Å². The Morgan fingerprint density at radius 3 is 2.13 bits per heavy atom. The van der Waals surface area contributed by atoms with Gasteiger partial charge in [-0.1, -0.05) is 24.3 Å². The average Bonchev–Trinajstić information content (AvgIpc) is 2.20. The molecule has 2 heteroatoms. The van der Waals surface area contributed by atoms with Crippen LogP contribution in [-0.2, 0) is 0 Å². The van der Waals surface area contributed by atoms with E-state index in [9.17, 15) is 5.11 Å². The zero-order chi connectivity index (χ0) is 10.8. The van der Waals surface area contributed by atoms with Crippen molar-refractivity contribution in [2.45, 2.75) is 6.92 Å². The Bertz CT molecular complexity index is 472. The zero-order valence-electron chi connectivity index (χ0n) is 8.44. The van der Waals surface area contributed by atoms with E-state index < -0.39 is 0 Å². The first-order valence-electron chi connectivity index (χ1n) is 4.76. The highest BCUT2D eigenvalue weighted by Crippen LogP contribution is 2.30. The summed E-state index contributed by atoms with van der Waals surface area (Å²) in [6.45, 7) is 1.93. The highest BCUT2D eigenvalue weighted by Gasteiger charge is 2.03. The first-order valence-corrected chi connectivity index (χ1v) is 4.76. The van der Waals surface area contributed by atoms with E-state index in [1.54, 1.807) is 30.3 Å². The highest BCUT2D eigenvalue weighted by atomic mass is 16.3. The van der Waals surface area contributed by atoms with Gasteiger partial charge in [-0.3, -0.25) is 0 Å². The molecule has 0 aliphatic rings. The maximum Gasteiger partial charge on any atom is 0.123 e. The number of hydrogen-bond donors (Lipinski definition) is 2. The standard InChI is InChI=1S/C13H12O2/c1-9-2-7-12(13(15)8-9)10-3-5-11(14)6-4-10/h2-8,14-15H,1H3. The molecule has 0 aliphatic heterocycles. The first-order chi connectivity index (χ1) is 7.16. The lowest BCUT2D eigenvalue weighted by Crippen LogP contribution is -1.80. The molecule has 76 valence electrons. The molecule has 0 spiro atoms. The fraction of sp³-hybridized carbons (Fsp3) is 0.0769. The molecule has 2 aromatic carbocycles. The number of rotatable bonds is 1. The van der Waals surface area contributed by atoms with Gasteiger partial charge in [0, 0.05) is 5.56 Å². The van der Waals surface area contributed by atoms with Gasteiger partial charge < -0.3 is 10.2 Å². The normalized spacial score (nSPS) is 10.2. The van der Waals surface area contributed by atoms with Crippen LogP contribution in [0.25, 0.3) is 11.1 Å². The quantitative estimate of drug-likeness (QED) is 0.742. The van der Waals surface area contributed by atoms with E-state index in [0.29, 0.717) is 0 Å². The Labute approximate surface area is 88.4 Å². The smallest absolute Gasteiger partial charge is 0.123 e. The van der Waals surface area contributed by atoms with Crippen LogP contribution in [0.3, 0.4) is 0 Å². The van der Waals surface area contributed by atoms with Crippen molar-refractivity contribution in [1.82, 2.24) is 0 Å². The molecule has 0 saturated carbocycles. The van der Waals surface area contributed by atoms with Crippen LogP contribution in [0.15, 0.2) is 42.5 Å². The van der Waals surface area contributed by atoms with Crippen molar-refractivity contribution >= 4 is 0 Å². The van der Waals surface area contributed by atoms with Crippen LogP contribution in [0, 0.1) is 6.92 Å². The molecule has 0 fully saturated rings. The minimum absolute atomic E-state index is 0.227. The second-order valence-corrected chi connectivity index (χ2v) is 3.57. The largest absolute Gasteiger partial charge is 0.508 e. The molecule has 0 aliphatic carbocycles. The molecule has 2 nitrogen and oxygen atoms in total. The Balaban J connectivity index is 2.49. The minimum Gasteiger partial charge on any atom is -0.508 e. The number of phenolic OH excluding ortho intramolecular Hbond substituents is 2. The molecular weight excluding hydrogens is 188 g/mol. The summed E-state index contributed by atoms with van der Waals surface area (Å²) < 4.78 is 0. The molecular formula is C13H12O2. The predicted molar refractivity (Wildman–Crippen MR) is 59.9 cm³/mol. The maximum absolute atomic E-state index is 9.75. The molecule has 0 heterocycles. The second-order valence-electron chi connectivity index (χ2n) is 3.57. The van der Waals surface area contributed by atoms with Crippen LogP contribution in [-0.4, -0.2) is 10.2 Å². The second kappa shape index (κ2) is 3.65. The van der Waals surface area contributed by atoms with Crippen LogP contribution in [0.1, 0.15) is 5.56 Å². The van der Waals surface area contributed by atoms with Gasteiger partial charge in [0.2, 0.25) is 0 Å². The van der Waals surface area contributed by atoms with Gasteiger partial charge in [0.15, 0.2) is 0 Å². The summed E-state index contributed by atoms with van der Waals surface area (Å²) in [5, 5.41) is 18.9.